The van der Waals surface area contributed by atoms with Gasteiger partial charge < -0.3 is 18.9 Å². The van der Waals surface area contributed by atoms with Crippen LogP contribution in [0.1, 0.15) is 56.2 Å². The molecule has 186 valence electrons. The van der Waals surface area contributed by atoms with Gasteiger partial charge in [-0.15, -0.1) is 0 Å². The summed E-state index contributed by atoms with van der Waals surface area (Å²) in [7, 11) is 1.41. The van der Waals surface area contributed by atoms with Gasteiger partial charge in [0.1, 0.15) is 11.5 Å². The van der Waals surface area contributed by atoms with Crippen LogP contribution in [0.3, 0.4) is 0 Å². The van der Waals surface area contributed by atoms with Gasteiger partial charge >= 0.3 is 5.97 Å². The Morgan fingerprint density at radius 2 is 1.66 bits per heavy atom. The van der Waals surface area contributed by atoms with Crippen molar-refractivity contribution in [2.45, 2.75) is 59.0 Å². The van der Waals surface area contributed by atoms with E-state index in [2.05, 4.69) is 26.0 Å². The van der Waals surface area contributed by atoms with Crippen LogP contribution in [0, 0.1) is 6.92 Å². The predicted octanol–water partition coefficient (Wildman–Crippen LogP) is 7.25. The average Bonchev–Trinajstić information content (AvgIpc) is 2.85. The third kappa shape index (κ3) is 8.06. The molecule has 0 aliphatic heterocycles. The first-order valence-electron chi connectivity index (χ1n) is 12.2. The number of aryl methyl sites for hydroxylation is 2. The Balaban J connectivity index is 1.57. The first-order valence-corrected chi connectivity index (χ1v) is 12.2. The lowest BCUT2D eigenvalue weighted by molar-refractivity contribution is -0.140. The number of methoxy groups -OCH3 is 1. The highest BCUT2D eigenvalue weighted by Gasteiger charge is 2.14. The van der Waals surface area contributed by atoms with Crippen LogP contribution in [0.5, 0.6) is 23.0 Å². The highest BCUT2D eigenvalue weighted by molar-refractivity contribution is 5.69. The van der Waals surface area contributed by atoms with E-state index < -0.39 is 0 Å². The molecule has 0 unspecified atom stereocenters. The van der Waals surface area contributed by atoms with Crippen LogP contribution in [0.25, 0.3) is 0 Å². The van der Waals surface area contributed by atoms with Crippen LogP contribution in [-0.4, -0.2) is 25.8 Å². The minimum absolute atomic E-state index is 0.0570. The van der Waals surface area contributed by atoms with Gasteiger partial charge in [-0.05, 0) is 79.3 Å². The summed E-state index contributed by atoms with van der Waals surface area (Å²) < 4.78 is 23.1. The van der Waals surface area contributed by atoms with Crippen molar-refractivity contribution >= 4 is 5.97 Å². The largest absolute Gasteiger partial charge is 0.493 e. The molecule has 3 rings (SSSR count). The van der Waals surface area contributed by atoms with Gasteiger partial charge in [-0.2, -0.15) is 0 Å². The summed E-state index contributed by atoms with van der Waals surface area (Å²) in [4.78, 5) is 11.4. The number of hydrogen-bond acceptors (Lipinski definition) is 5. The highest BCUT2D eigenvalue weighted by Crippen LogP contribution is 2.35. The number of hydrogen-bond donors (Lipinski definition) is 0. The number of ether oxygens (including phenoxy) is 4. The Morgan fingerprint density at radius 1 is 0.886 bits per heavy atom. The third-order valence-electron chi connectivity index (χ3n) is 5.87. The monoisotopic (exact) mass is 476 g/mol. The number of para-hydroxylation sites is 1. The molecule has 0 aromatic heterocycles. The van der Waals surface area contributed by atoms with Crippen molar-refractivity contribution in [3.05, 3.63) is 83.4 Å². The molecular weight excluding hydrogens is 440 g/mol. The molecule has 0 aliphatic rings. The summed E-state index contributed by atoms with van der Waals surface area (Å²) in [5, 5.41) is 0. The van der Waals surface area contributed by atoms with Crippen molar-refractivity contribution < 1.29 is 23.7 Å². The highest BCUT2D eigenvalue weighted by atomic mass is 16.5. The summed E-state index contributed by atoms with van der Waals surface area (Å²) in [6.45, 7) is 8.92. The van der Waals surface area contributed by atoms with Crippen LogP contribution in [0.15, 0.2) is 66.7 Å². The Kier molecular flexibility index (Phi) is 9.59. The molecule has 1 atom stereocenters. The molecule has 0 saturated heterocycles. The Hall–Kier alpha value is -3.47. The Labute approximate surface area is 209 Å². The lowest BCUT2D eigenvalue weighted by Crippen LogP contribution is -2.16. The molecule has 0 spiro atoms. The fraction of sp³-hybridized carbons (Fsp3) is 0.367. The van der Waals surface area contributed by atoms with Gasteiger partial charge in [0.25, 0.3) is 0 Å². The molecule has 0 saturated carbocycles. The normalized spacial score (nSPS) is 11.7. The van der Waals surface area contributed by atoms with E-state index in [1.165, 1.54) is 12.7 Å². The zero-order valence-electron chi connectivity index (χ0n) is 21.4. The maximum atomic E-state index is 11.4. The van der Waals surface area contributed by atoms with Crippen molar-refractivity contribution in [1.82, 2.24) is 0 Å². The number of carbonyl (C=O) groups excluding carboxylic acids is 1. The second kappa shape index (κ2) is 12.8. The standard InChI is InChI=1S/C30H36O5/c1-21(2)25-12-15-28(29(20-25)35-26-9-7-6-8-10-26)34-23(4)17-18-33-27-14-11-24(22(3)19-27)13-16-30(31)32-5/h6-12,14-15,19-21,23H,13,16-18H2,1-5H3/t23-/m0/s1. The summed E-state index contributed by atoms with van der Waals surface area (Å²) in [5.41, 5.74) is 3.42. The zero-order chi connectivity index (χ0) is 25.2. The molecule has 5 nitrogen and oxygen atoms in total. The fourth-order valence-corrected chi connectivity index (χ4v) is 3.67. The van der Waals surface area contributed by atoms with Crippen LogP contribution in [-0.2, 0) is 16.0 Å². The summed E-state index contributed by atoms with van der Waals surface area (Å²) in [6.07, 6.45) is 1.70. The lowest BCUT2D eigenvalue weighted by atomic mass is 10.0. The SMILES string of the molecule is COC(=O)CCc1ccc(OCC[C@H](C)Oc2ccc(C(C)C)cc2Oc2ccccc2)cc1C. The van der Waals surface area contributed by atoms with Gasteiger partial charge in [0.2, 0.25) is 0 Å². The van der Waals surface area contributed by atoms with Gasteiger partial charge in [0.05, 0.1) is 19.8 Å². The second-order valence-electron chi connectivity index (χ2n) is 9.01. The molecule has 0 N–H and O–H groups in total. The average molecular weight is 477 g/mol. The quantitative estimate of drug-likeness (QED) is 0.258. The molecule has 3 aromatic carbocycles. The predicted molar refractivity (Wildman–Crippen MR) is 139 cm³/mol. The molecule has 0 amide bonds. The minimum atomic E-state index is -0.199. The minimum Gasteiger partial charge on any atom is -0.493 e. The molecular formula is C30H36O5. The molecule has 0 fully saturated rings. The maximum Gasteiger partial charge on any atom is 0.305 e. The van der Waals surface area contributed by atoms with Crippen molar-refractivity contribution in [2.24, 2.45) is 0 Å². The summed E-state index contributed by atoms with van der Waals surface area (Å²) >= 11 is 0. The molecule has 0 bridgehead atoms. The molecule has 35 heavy (non-hydrogen) atoms. The summed E-state index contributed by atoms with van der Waals surface area (Å²) in [5.74, 6) is 3.22. The lowest BCUT2D eigenvalue weighted by Gasteiger charge is -2.19. The van der Waals surface area contributed by atoms with E-state index in [1.54, 1.807) is 0 Å². The van der Waals surface area contributed by atoms with Crippen molar-refractivity contribution in [2.75, 3.05) is 13.7 Å². The molecule has 3 aromatic rings. The fourth-order valence-electron chi connectivity index (χ4n) is 3.67. The second-order valence-corrected chi connectivity index (χ2v) is 9.01. The molecule has 0 heterocycles. The number of carbonyl (C=O) groups is 1. The van der Waals surface area contributed by atoms with Crippen molar-refractivity contribution in [1.29, 1.82) is 0 Å². The van der Waals surface area contributed by atoms with E-state index in [9.17, 15) is 4.79 Å². The van der Waals surface area contributed by atoms with Crippen molar-refractivity contribution in [3.63, 3.8) is 0 Å². The van der Waals surface area contributed by atoms with Gasteiger partial charge in [0.15, 0.2) is 11.5 Å². The Morgan fingerprint density at radius 3 is 2.34 bits per heavy atom. The van der Waals surface area contributed by atoms with Crippen LogP contribution in [0.4, 0.5) is 0 Å². The van der Waals surface area contributed by atoms with Crippen LogP contribution < -0.4 is 14.2 Å². The summed E-state index contributed by atoms with van der Waals surface area (Å²) in [6, 6.07) is 21.8. The maximum absolute atomic E-state index is 11.4. The van der Waals surface area contributed by atoms with E-state index in [1.807, 2.05) is 68.4 Å². The van der Waals surface area contributed by atoms with Gasteiger partial charge in [-0.25, -0.2) is 0 Å². The van der Waals surface area contributed by atoms with Crippen molar-refractivity contribution in [3.8, 4) is 23.0 Å². The molecule has 0 aliphatic carbocycles. The van der Waals surface area contributed by atoms with E-state index in [0.29, 0.717) is 31.1 Å². The van der Waals surface area contributed by atoms with Gasteiger partial charge in [-0.3, -0.25) is 4.79 Å². The van der Waals surface area contributed by atoms with Crippen LogP contribution >= 0.6 is 0 Å². The Bertz CT molecular complexity index is 1090. The smallest absolute Gasteiger partial charge is 0.305 e. The number of rotatable bonds is 12. The van der Waals surface area contributed by atoms with E-state index in [4.69, 9.17) is 18.9 Å². The first kappa shape index (κ1) is 26.1. The van der Waals surface area contributed by atoms with E-state index in [0.717, 1.165) is 34.8 Å². The molecule has 0 radical (unpaired) electrons. The van der Waals surface area contributed by atoms with Gasteiger partial charge in [-0.1, -0.05) is 44.2 Å². The van der Waals surface area contributed by atoms with Crippen LogP contribution in [0.2, 0.25) is 0 Å². The number of benzene rings is 3. The number of esters is 1. The topological polar surface area (TPSA) is 54.0 Å². The van der Waals surface area contributed by atoms with Gasteiger partial charge in [0, 0.05) is 12.8 Å². The van der Waals surface area contributed by atoms with E-state index in [-0.39, 0.29) is 12.1 Å². The first-order chi connectivity index (χ1) is 16.9. The molecule has 5 heteroatoms. The zero-order valence-corrected chi connectivity index (χ0v) is 21.4. The third-order valence-corrected chi connectivity index (χ3v) is 5.87. The van der Waals surface area contributed by atoms with E-state index >= 15 is 0 Å².